The molecule has 0 N–H and O–H groups in total. The fraction of sp³-hybridized carbons (Fsp3) is 1.00. The molecule has 2 nitrogen and oxygen atoms in total. The Kier molecular flexibility index (Phi) is 7.00. The molecule has 0 bridgehead atoms. The molecule has 0 spiro atoms. The van der Waals surface area contributed by atoms with Crippen LogP contribution in [0.5, 0.6) is 0 Å². The van der Waals surface area contributed by atoms with E-state index >= 15 is 0 Å². The lowest BCUT2D eigenvalue weighted by Crippen LogP contribution is -2.43. The van der Waals surface area contributed by atoms with E-state index in [0.29, 0.717) is 5.41 Å². The Balaban J connectivity index is 2.84. The Morgan fingerprint density at radius 2 is 1.60 bits per heavy atom. The number of hydrogen-bond donors (Lipinski definition) is 0. The van der Waals surface area contributed by atoms with E-state index in [0.717, 1.165) is 12.5 Å². The summed E-state index contributed by atoms with van der Waals surface area (Å²) >= 11 is 0. The molecule has 120 valence electrons. The maximum Gasteiger partial charge on any atom is 0.162 e. The Bertz CT molecular complexity index is 256. The van der Waals surface area contributed by atoms with Crippen molar-refractivity contribution in [2.75, 3.05) is 13.7 Å². The zero-order valence-corrected chi connectivity index (χ0v) is 14.6. The van der Waals surface area contributed by atoms with Crippen LogP contribution in [0.15, 0.2) is 0 Å². The van der Waals surface area contributed by atoms with Gasteiger partial charge in [-0.2, -0.15) is 0 Å². The van der Waals surface area contributed by atoms with Crippen molar-refractivity contribution in [3.8, 4) is 0 Å². The summed E-state index contributed by atoms with van der Waals surface area (Å²) in [6, 6.07) is 0. The largest absolute Gasteiger partial charge is 0.355 e. The first kappa shape index (κ1) is 18.0. The summed E-state index contributed by atoms with van der Waals surface area (Å²) in [5, 5.41) is 0. The quantitative estimate of drug-likeness (QED) is 0.582. The lowest BCUT2D eigenvalue weighted by molar-refractivity contribution is -0.209. The van der Waals surface area contributed by atoms with Crippen LogP contribution in [0.25, 0.3) is 0 Å². The monoisotopic (exact) mass is 284 g/mol. The van der Waals surface area contributed by atoms with Gasteiger partial charge in [0, 0.05) is 19.1 Å². The van der Waals surface area contributed by atoms with E-state index in [2.05, 4.69) is 34.6 Å². The van der Waals surface area contributed by atoms with Crippen molar-refractivity contribution >= 4 is 0 Å². The Labute approximate surface area is 126 Å². The maximum atomic E-state index is 5.95. The summed E-state index contributed by atoms with van der Waals surface area (Å²) in [5.41, 5.74) is 0.527. The molecule has 0 saturated heterocycles. The lowest BCUT2D eigenvalue weighted by atomic mass is 9.65. The third kappa shape index (κ3) is 5.04. The predicted molar refractivity (Wildman–Crippen MR) is 85.8 cm³/mol. The molecule has 0 aromatic heterocycles. The molecule has 20 heavy (non-hydrogen) atoms. The van der Waals surface area contributed by atoms with E-state index in [1.165, 1.54) is 44.9 Å². The highest BCUT2D eigenvalue weighted by molar-refractivity contribution is 4.88. The molecule has 2 atom stereocenters. The Morgan fingerprint density at radius 3 is 2.05 bits per heavy atom. The molecule has 1 saturated carbocycles. The van der Waals surface area contributed by atoms with Crippen molar-refractivity contribution in [1.82, 2.24) is 0 Å². The highest BCUT2D eigenvalue weighted by Gasteiger charge is 2.43. The molecule has 1 aliphatic rings. The van der Waals surface area contributed by atoms with Crippen LogP contribution in [0.4, 0.5) is 0 Å². The third-order valence-electron chi connectivity index (χ3n) is 5.02. The average molecular weight is 284 g/mol. The van der Waals surface area contributed by atoms with Gasteiger partial charge in [0.25, 0.3) is 0 Å². The van der Waals surface area contributed by atoms with Crippen LogP contribution in [-0.4, -0.2) is 20.0 Å². The maximum absolute atomic E-state index is 5.95. The minimum absolute atomic E-state index is 0.0575. The topological polar surface area (TPSA) is 18.5 Å². The molecular formula is C18H36O2. The van der Waals surface area contributed by atoms with Crippen LogP contribution in [0.1, 0.15) is 79.6 Å². The van der Waals surface area contributed by atoms with Gasteiger partial charge in [0.2, 0.25) is 0 Å². The summed E-state index contributed by atoms with van der Waals surface area (Å²) in [6.07, 6.45) is 9.20. The molecule has 1 aliphatic carbocycles. The standard InChI is InChI=1S/C18H36O2/c1-7-20-16(19-6)18(5,14-13-17(2,3)4)15-11-9-8-10-12-15/h15-16H,7-14H2,1-6H3. The van der Waals surface area contributed by atoms with Crippen molar-refractivity contribution in [3.05, 3.63) is 0 Å². The van der Waals surface area contributed by atoms with Gasteiger partial charge in [0.1, 0.15) is 0 Å². The van der Waals surface area contributed by atoms with Gasteiger partial charge in [-0.15, -0.1) is 0 Å². The molecular weight excluding hydrogens is 248 g/mol. The number of rotatable bonds is 7. The lowest BCUT2D eigenvalue weighted by Gasteiger charge is -2.45. The van der Waals surface area contributed by atoms with Crippen molar-refractivity contribution in [1.29, 1.82) is 0 Å². The van der Waals surface area contributed by atoms with Gasteiger partial charge in [-0.3, -0.25) is 0 Å². The van der Waals surface area contributed by atoms with E-state index in [1.807, 2.05) is 0 Å². The van der Waals surface area contributed by atoms with Crippen LogP contribution in [0, 0.1) is 16.7 Å². The van der Waals surface area contributed by atoms with Crippen LogP contribution in [0.2, 0.25) is 0 Å². The molecule has 0 radical (unpaired) electrons. The second-order valence-electron chi connectivity index (χ2n) is 7.92. The predicted octanol–water partition coefficient (Wildman–Crippen LogP) is 5.41. The second-order valence-corrected chi connectivity index (χ2v) is 7.92. The normalized spacial score (nSPS) is 22.5. The smallest absolute Gasteiger partial charge is 0.162 e. The first-order valence-corrected chi connectivity index (χ1v) is 8.48. The molecule has 0 amide bonds. The van der Waals surface area contributed by atoms with Crippen LogP contribution in [-0.2, 0) is 9.47 Å². The van der Waals surface area contributed by atoms with Crippen LogP contribution >= 0.6 is 0 Å². The molecule has 1 rings (SSSR count). The van der Waals surface area contributed by atoms with Crippen molar-refractivity contribution in [2.24, 2.45) is 16.7 Å². The Hall–Kier alpha value is -0.0800. The number of hydrogen-bond acceptors (Lipinski definition) is 2. The summed E-state index contributed by atoms with van der Waals surface area (Å²) in [6.45, 7) is 12.2. The fourth-order valence-corrected chi connectivity index (χ4v) is 3.60. The molecule has 2 unspecified atom stereocenters. The fourth-order valence-electron chi connectivity index (χ4n) is 3.60. The Morgan fingerprint density at radius 1 is 1.00 bits per heavy atom. The van der Waals surface area contributed by atoms with E-state index in [1.54, 1.807) is 7.11 Å². The van der Waals surface area contributed by atoms with Gasteiger partial charge < -0.3 is 9.47 Å². The molecule has 2 heteroatoms. The molecule has 1 fully saturated rings. The molecule has 0 heterocycles. The molecule has 0 aromatic carbocycles. The first-order valence-electron chi connectivity index (χ1n) is 8.48. The van der Waals surface area contributed by atoms with Crippen molar-refractivity contribution < 1.29 is 9.47 Å². The summed E-state index contributed by atoms with van der Waals surface area (Å²) < 4.78 is 11.7. The van der Waals surface area contributed by atoms with Gasteiger partial charge in [0.05, 0.1) is 0 Å². The minimum Gasteiger partial charge on any atom is -0.355 e. The average Bonchev–Trinajstić information content (AvgIpc) is 2.42. The molecule has 0 aromatic rings. The second kappa shape index (κ2) is 7.79. The van der Waals surface area contributed by atoms with E-state index < -0.39 is 0 Å². The van der Waals surface area contributed by atoms with Crippen LogP contribution in [0.3, 0.4) is 0 Å². The summed E-state index contributed by atoms with van der Waals surface area (Å²) in [7, 11) is 1.80. The third-order valence-corrected chi connectivity index (χ3v) is 5.02. The van der Waals surface area contributed by atoms with Crippen molar-refractivity contribution in [3.63, 3.8) is 0 Å². The van der Waals surface area contributed by atoms with Gasteiger partial charge in [-0.1, -0.05) is 47.0 Å². The van der Waals surface area contributed by atoms with E-state index in [4.69, 9.17) is 9.47 Å². The SMILES string of the molecule is CCOC(OC)C(C)(CCC(C)(C)C)C1CCCCC1. The zero-order valence-electron chi connectivity index (χ0n) is 14.6. The highest BCUT2D eigenvalue weighted by Crippen LogP contribution is 2.47. The molecule has 0 aliphatic heterocycles. The van der Waals surface area contributed by atoms with Gasteiger partial charge in [-0.25, -0.2) is 0 Å². The van der Waals surface area contributed by atoms with E-state index in [9.17, 15) is 0 Å². The summed E-state index contributed by atoms with van der Waals surface area (Å²) in [4.78, 5) is 0. The highest BCUT2D eigenvalue weighted by atomic mass is 16.7. The zero-order chi connectivity index (χ0) is 15.2. The minimum atomic E-state index is -0.0575. The number of ether oxygens (including phenoxy) is 2. The van der Waals surface area contributed by atoms with Gasteiger partial charge in [-0.05, 0) is 43.9 Å². The number of methoxy groups -OCH3 is 1. The van der Waals surface area contributed by atoms with Gasteiger partial charge in [0.15, 0.2) is 6.29 Å². The van der Waals surface area contributed by atoms with Crippen molar-refractivity contribution in [2.45, 2.75) is 85.9 Å². The first-order chi connectivity index (χ1) is 9.33. The van der Waals surface area contributed by atoms with Gasteiger partial charge >= 0.3 is 0 Å². The summed E-state index contributed by atoms with van der Waals surface area (Å²) in [5.74, 6) is 0.745. The van der Waals surface area contributed by atoms with E-state index in [-0.39, 0.29) is 11.7 Å². The van der Waals surface area contributed by atoms with Crippen LogP contribution < -0.4 is 0 Å².